The summed E-state index contributed by atoms with van der Waals surface area (Å²) in [6.45, 7) is 4.76. The average Bonchev–Trinajstić information content (AvgIpc) is 1.90. The van der Waals surface area contributed by atoms with E-state index in [0.29, 0.717) is 0 Å². The highest BCUT2D eigenvalue weighted by molar-refractivity contribution is 4.76. The Morgan fingerprint density at radius 3 is 1.90 bits per heavy atom. The molecule has 1 saturated carbocycles. The van der Waals surface area contributed by atoms with Crippen LogP contribution in [0.2, 0.25) is 0 Å². The van der Waals surface area contributed by atoms with Gasteiger partial charge in [0, 0.05) is 0 Å². The summed E-state index contributed by atoms with van der Waals surface area (Å²) in [5.74, 6) is 0. The van der Waals surface area contributed by atoms with E-state index in [2.05, 4.69) is 13.8 Å². The molecule has 0 N–H and O–H groups in total. The normalized spacial score (nSPS) is 23.4. The first-order chi connectivity index (χ1) is 4.27. The Balaban J connectivity index is 0.000000810. The van der Waals surface area contributed by atoms with Crippen molar-refractivity contribution in [3.8, 4) is 0 Å². The fraction of sp³-hybridized carbons (Fsp3) is 1.00. The van der Waals surface area contributed by atoms with Gasteiger partial charge in [-0.1, -0.05) is 47.0 Å². The Kier molecular flexibility index (Phi) is 4.00. The molecule has 0 heteroatoms. The second kappa shape index (κ2) is 4.00. The second-order valence-corrected chi connectivity index (χ2v) is 3.72. The van der Waals surface area contributed by atoms with E-state index in [1.165, 1.54) is 38.5 Å². The van der Waals surface area contributed by atoms with Gasteiger partial charge in [-0.15, -0.1) is 0 Å². The molecule has 1 fully saturated rings. The zero-order chi connectivity index (χ0) is 6.74. The maximum Gasteiger partial charge on any atom is -0.0328 e. The summed E-state index contributed by atoms with van der Waals surface area (Å²) in [7, 11) is 0. The van der Waals surface area contributed by atoms with Crippen molar-refractivity contribution < 1.29 is 0 Å². The highest BCUT2D eigenvalue weighted by Crippen LogP contribution is 2.37. The third-order valence-corrected chi connectivity index (χ3v) is 2.91. The topological polar surface area (TPSA) is 0 Å². The Hall–Kier alpha value is 0. The molecule has 0 bridgehead atoms. The maximum absolute atomic E-state index is 2.44. The third-order valence-electron chi connectivity index (χ3n) is 2.91. The van der Waals surface area contributed by atoms with Crippen molar-refractivity contribution in [2.75, 3.05) is 0 Å². The minimum atomic E-state index is 0. The summed E-state index contributed by atoms with van der Waals surface area (Å²) >= 11 is 0. The monoisotopic (exact) mass is 142 g/mol. The van der Waals surface area contributed by atoms with E-state index in [1.54, 1.807) is 0 Å². The summed E-state index contributed by atoms with van der Waals surface area (Å²) in [4.78, 5) is 0. The molecule has 0 aromatic carbocycles. The molecule has 0 radical (unpaired) electrons. The first kappa shape index (κ1) is 10.0. The average molecular weight is 142 g/mol. The molecule has 62 valence electrons. The predicted octanol–water partition coefficient (Wildman–Crippen LogP) is 4.00. The molecule has 10 heavy (non-hydrogen) atoms. The van der Waals surface area contributed by atoms with Crippen LogP contribution in [-0.2, 0) is 0 Å². The maximum atomic E-state index is 2.44. The third kappa shape index (κ3) is 2.32. The molecule has 0 nitrogen and oxygen atoms in total. The molecular weight excluding hydrogens is 120 g/mol. The van der Waals surface area contributed by atoms with E-state index in [9.17, 15) is 0 Å². The summed E-state index contributed by atoms with van der Waals surface area (Å²) in [5, 5.41) is 0. The summed E-state index contributed by atoms with van der Waals surface area (Å²) in [6, 6.07) is 0. The summed E-state index contributed by atoms with van der Waals surface area (Å²) in [6.07, 6.45) is 8.77. The van der Waals surface area contributed by atoms with Gasteiger partial charge >= 0.3 is 0 Å². The zero-order valence-electron chi connectivity index (χ0n) is 6.74. The van der Waals surface area contributed by atoms with E-state index in [-0.39, 0.29) is 7.43 Å². The molecule has 0 amide bonds. The first-order valence-corrected chi connectivity index (χ1v) is 4.27. The van der Waals surface area contributed by atoms with Crippen LogP contribution in [0, 0.1) is 5.41 Å². The van der Waals surface area contributed by atoms with Crippen molar-refractivity contribution in [1.29, 1.82) is 0 Å². The van der Waals surface area contributed by atoms with E-state index in [1.807, 2.05) is 0 Å². The fourth-order valence-corrected chi connectivity index (χ4v) is 1.76. The predicted molar refractivity (Wildman–Crippen MR) is 48.2 cm³/mol. The van der Waals surface area contributed by atoms with E-state index < -0.39 is 0 Å². The van der Waals surface area contributed by atoms with Crippen LogP contribution in [0.15, 0.2) is 0 Å². The standard InChI is InChI=1S/C9H18.CH4/c1-3-9(2)7-5-4-6-8-9;/h3-8H2,1-2H3;1H4. The SMILES string of the molecule is C.CCC1(C)CCCCC1. The largest absolute Gasteiger partial charge is 0.0776 e. The van der Waals surface area contributed by atoms with Gasteiger partial charge in [-0.05, 0) is 18.3 Å². The van der Waals surface area contributed by atoms with Gasteiger partial charge in [-0.2, -0.15) is 0 Å². The number of hydrogen-bond acceptors (Lipinski definition) is 0. The Morgan fingerprint density at radius 1 is 1.10 bits per heavy atom. The smallest absolute Gasteiger partial charge is 0.0328 e. The summed E-state index contributed by atoms with van der Waals surface area (Å²) < 4.78 is 0. The van der Waals surface area contributed by atoms with Gasteiger partial charge in [0.05, 0.1) is 0 Å². The van der Waals surface area contributed by atoms with E-state index >= 15 is 0 Å². The van der Waals surface area contributed by atoms with E-state index in [4.69, 9.17) is 0 Å². The van der Waals surface area contributed by atoms with Crippen LogP contribution in [0.4, 0.5) is 0 Å². The Labute approximate surface area is 66.0 Å². The van der Waals surface area contributed by atoms with Crippen LogP contribution in [-0.4, -0.2) is 0 Å². The van der Waals surface area contributed by atoms with Gasteiger partial charge in [0.2, 0.25) is 0 Å². The Bertz CT molecular complexity index is 78.0. The number of rotatable bonds is 1. The molecule has 1 aliphatic carbocycles. The van der Waals surface area contributed by atoms with Gasteiger partial charge in [0.15, 0.2) is 0 Å². The zero-order valence-corrected chi connectivity index (χ0v) is 6.74. The van der Waals surface area contributed by atoms with Crippen molar-refractivity contribution in [3.63, 3.8) is 0 Å². The van der Waals surface area contributed by atoms with E-state index in [0.717, 1.165) is 5.41 Å². The van der Waals surface area contributed by atoms with Gasteiger partial charge in [-0.25, -0.2) is 0 Å². The van der Waals surface area contributed by atoms with Gasteiger partial charge < -0.3 is 0 Å². The lowest BCUT2D eigenvalue weighted by Crippen LogP contribution is -2.18. The molecule has 0 aliphatic heterocycles. The van der Waals surface area contributed by atoms with Crippen molar-refractivity contribution in [1.82, 2.24) is 0 Å². The highest BCUT2D eigenvalue weighted by atomic mass is 14.3. The molecule has 1 rings (SSSR count). The number of hydrogen-bond donors (Lipinski definition) is 0. The molecule has 0 unspecified atom stereocenters. The van der Waals surface area contributed by atoms with Crippen molar-refractivity contribution in [3.05, 3.63) is 0 Å². The first-order valence-electron chi connectivity index (χ1n) is 4.27. The molecular formula is C10H22. The molecule has 0 heterocycles. The molecule has 0 atom stereocenters. The van der Waals surface area contributed by atoms with Crippen LogP contribution < -0.4 is 0 Å². The minimum Gasteiger partial charge on any atom is -0.0776 e. The molecule has 0 aromatic heterocycles. The van der Waals surface area contributed by atoms with Crippen LogP contribution >= 0.6 is 0 Å². The highest BCUT2D eigenvalue weighted by Gasteiger charge is 2.23. The lowest BCUT2D eigenvalue weighted by molar-refractivity contribution is 0.208. The second-order valence-electron chi connectivity index (χ2n) is 3.72. The lowest BCUT2D eigenvalue weighted by Gasteiger charge is -2.32. The lowest BCUT2D eigenvalue weighted by atomic mass is 9.74. The fourth-order valence-electron chi connectivity index (χ4n) is 1.76. The van der Waals surface area contributed by atoms with Crippen molar-refractivity contribution >= 4 is 0 Å². The molecule has 0 saturated heterocycles. The van der Waals surface area contributed by atoms with Gasteiger partial charge in [0.1, 0.15) is 0 Å². The molecule has 1 aliphatic rings. The molecule has 0 spiro atoms. The van der Waals surface area contributed by atoms with Crippen molar-refractivity contribution in [2.24, 2.45) is 5.41 Å². The van der Waals surface area contributed by atoms with Crippen LogP contribution in [0.5, 0.6) is 0 Å². The Morgan fingerprint density at radius 2 is 1.60 bits per heavy atom. The van der Waals surface area contributed by atoms with Gasteiger partial charge in [-0.3, -0.25) is 0 Å². The van der Waals surface area contributed by atoms with Crippen LogP contribution in [0.3, 0.4) is 0 Å². The minimum absolute atomic E-state index is 0. The van der Waals surface area contributed by atoms with Gasteiger partial charge in [0.25, 0.3) is 0 Å². The molecule has 0 aromatic rings. The summed E-state index contributed by atoms with van der Waals surface area (Å²) in [5.41, 5.74) is 0.720. The van der Waals surface area contributed by atoms with Crippen molar-refractivity contribution in [2.45, 2.75) is 59.8 Å². The quantitative estimate of drug-likeness (QED) is 0.519. The van der Waals surface area contributed by atoms with Crippen LogP contribution in [0.1, 0.15) is 59.8 Å². The van der Waals surface area contributed by atoms with Crippen LogP contribution in [0.25, 0.3) is 0 Å².